The first-order chi connectivity index (χ1) is 34.4. The van der Waals surface area contributed by atoms with Gasteiger partial charge in [0.2, 0.25) is 0 Å². The molecule has 0 fully saturated rings. The van der Waals surface area contributed by atoms with E-state index in [0.29, 0.717) is 25.7 Å². The van der Waals surface area contributed by atoms with Crippen LogP contribution in [0, 0.1) is 0 Å². The summed E-state index contributed by atoms with van der Waals surface area (Å²) in [6, 6.07) is 60.7. The number of carbonyl (C=O) groups excluding carboxylic acids is 2. The zero-order valence-corrected chi connectivity index (χ0v) is 40.2. The van der Waals surface area contributed by atoms with E-state index in [1.807, 2.05) is 0 Å². The first-order valence-corrected chi connectivity index (χ1v) is 25.2. The molecule has 0 bridgehead atoms. The van der Waals surface area contributed by atoms with Crippen LogP contribution < -0.4 is 9.80 Å². The topological polar surface area (TPSA) is 59.1 Å². The lowest BCUT2D eigenvalue weighted by atomic mass is 9.93. The molecular formula is C64H60N2O4. The van der Waals surface area contributed by atoms with E-state index in [4.69, 9.17) is 9.47 Å². The molecule has 0 aliphatic heterocycles. The molecule has 0 saturated carbocycles. The number of hydrogen-bond donors (Lipinski definition) is 0. The Kier molecular flexibility index (Phi) is 14.0. The Morgan fingerprint density at radius 1 is 0.457 bits per heavy atom. The molecule has 8 aromatic carbocycles. The first kappa shape index (κ1) is 46.1. The number of benzene rings is 8. The van der Waals surface area contributed by atoms with Gasteiger partial charge in [0.1, 0.15) is 12.2 Å². The maximum atomic E-state index is 13.0. The van der Waals surface area contributed by atoms with Crippen LogP contribution in [0.15, 0.2) is 182 Å². The summed E-state index contributed by atoms with van der Waals surface area (Å²) in [6.45, 7) is 4.29. The van der Waals surface area contributed by atoms with E-state index in [2.05, 4.69) is 218 Å². The number of carbonyl (C=O) groups is 2. The number of anilines is 6. The molecule has 0 aromatic heterocycles. The molecule has 2 atom stereocenters. The van der Waals surface area contributed by atoms with Crippen molar-refractivity contribution < 1.29 is 19.1 Å². The molecule has 6 nitrogen and oxygen atoms in total. The summed E-state index contributed by atoms with van der Waals surface area (Å²) in [5.41, 5.74) is 12.6. The third-order valence-electron chi connectivity index (χ3n) is 13.8. The lowest BCUT2D eigenvalue weighted by molar-refractivity contribution is -0.150. The molecule has 0 amide bonds. The third kappa shape index (κ3) is 9.91. The SMILES string of the molecule is CCCCCC(=O)OC1CC=Cc2cc(N(c3ccc(-c4ccc(N(c5ccc6c(c5)C(OC(=O)CCCCC)CC=C6)c5cccc6ccccc56)cc4)cc3)c3cccc4ccccc34)ccc21. The Labute approximate surface area is 412 Å². The lowest BCUT2D eigenvalue weighted by Gasteiger charge is -2.30. The molecule has 0 spiro atoms. The van der Waals surface area contributed by atoms with Gasteiger partial charge in [-0.25, -0.2) is 0 Å². The minimum atomic E-state index is -0.335. The summed E-state index contributed by atoms with van der Waals surface area (Å²) in [5, 5.41) is 4.63. The number of ether oxygens (including phenoxy) is 2. The van der Waals surface area contributed by atoms with E-state index in [0.717, 1.165) is 122 Å². The predicted octanol–water partition coefficient (Wildman–Crippen LogP) is 17.8. The lowest BCUT2D eigenvalue weighted by Crippen LogP contribution is -2.16. The quantitative estimate of drug-likeness (QED) is 0.0670. The molecule has 0 N–H and O–H groups in total. The van der Waals surface area contributed by atoms with Gasteiger partial charge in [-0.15, -0.1) is 0 Å². The monoisotopic (exact) mass is 920 g/mol. The Morgan fingerprint density at radius 2 is 0.914 bits per heavy atom. The molecule has 8 aromatic rings. The number of fused-ring (bicyclic) bond motifs is 4. The maximum absolute atomic E-state index is 13.0. The molecule has 0 radical (unpaired) electrons. The number of rotatable bonds is 17. The van der Waals surface area contributed by atoms with Crippen molar-refractivity contribution in [1.29, 1.82) is 0 Å². The number of hydrogen-bond acceptors (Lipinski definition) is 6. The zero-order chi connectivity index (χ0) is 47.8. The van der Waals surface area contributed by atoms with Crippen LogP contribution >= 0.6 is 0 Å². The Hall–Kier alpha value is -7.70. The summed E-state index contributed by atoms with van der Waals surface area (Å²) < 4.78 is 12.2. The molecule has 70 heavy (non-hydrogen) atoms. The Balaban J connectivity index is 0.977. The van der Waals surface area contributed by atoms with Crippen LogP contribution in [-0.2, 0) is 19.1 Å². The van der Waals surface area contributed by atoms with Crippen molar-refractivity contribution >= 4 is 79.8 Å². The fourth-order valence-electron chi connectivity index (χ4n) is 10.1. The summed E-state index contributed by atoms with van der Waals surface area (Å²) in [4.78, 5) is 30.5. The van der Waals surface area contributed by atoms with Crippen LogP contribution in [0.25, 0.3) is 44.8 Å². The van der Waals surface area contributed by atoms with Crippen LogP contribution in [0.1, 0.15) is 113 Å². The zero-order valence-electron chi connectivity index (χ0n) is 40.2. The van der Waals surface area contributed by atoms with E-state index < -0.39 is 0 Å². The van der Waals surface area contributed by atoms with Gasteiger partial charge in [-0.1, -0.05) is 173 Å². The van der Waals surface area contributed by atoms with Crippen molar-refractivity contribution in [2.75, 3.05) is 9.80 Å². The molecule has 0 saturated heterocycles. The predicted molar refractivity (Wildman–Crippen MR) is 290 cm³/mol. The summed E-state index contributed by atoms with van der Waals surface area (Å²) in [7, 11) is 0. The molecule has 2 aliphatic carbocycles. The highest BCUT2D eigenvalue weighted by atomic mass is 16.5. The van der Waals surface area contributed by atoms with Crippen LogP contribution in [0.5, 0.6) is 0 Å². The number of unbranched alkanes of at least 4 members (excludes halogenated alkanes) is 4. The maximum Gasteiger partial charge on any atom is 0.306 e. The van der Waals surface area contributed by atoms with Gasteiger partial charge in [0, 0.05) is 70.3 Å². The molecule has 350 valence electrons. The summed E-state index contributed by atoms with van der Waals surface area (Å²) in [6.07, 6.45) is 16.0. The third-order valence-corrected chi connectivity index (χ3v) is 13.8. The van der Waals surface area contributed by atoms with Gasteiger partial charge in [0.05, 0.1) is 11.4 Å². The molecule has 2 aliphatic rings. The van der Waals surface area contributed by atoms with Crippen LogP contribution in [0.2, 0.25) is 0 Å². The highest BCUT2D eigenvalue weighted by Crippen LogP contribution is 2.45. The highest BCUT2D eigenvalue weighted by molar-refractivity contribution is 6.00. The van der Waals surface area contributed by atoms with Crippen LogP contribution in [0.4, 0.5) is 34.1 Å². The van der Waals surface area contributed by atoms with Crippen molar-refractivity contribution in [2.45, 2.75) is 90.3 Å². The molecule has 0 heterocycles. The minimum Gasteiger partial charge on any atom is -0.457 e. The van der Waals surface area contributed by atoms with E-state index in [1.165, 1.54) is 5.39 Å². The van der Waals surface area contributed by atoms with Crippen molar-refractivity contribution in [3.63, 3.8) is 0 Å². The van der Waals surface area contributed by atoms with Crippen molar-refractivity contribution in [3.8, 4) is 11.1 Å². The molecular weight excluding hydrogens is 861 g/mol. The highest BCUT2D eigenvalue weighted by Gasteiger charge is 2.26. The van der Waals surface area contributed by atoms with Crippen LogP contribution in [-0.4, -0.2) is 11.9 Å². The molecule has 2 unspecified atom stereocenters. The van der Waals surface area contributed by atoms with E-state index >= 15 is 0 Å². The van der Waals surface area contributed by atoms with Gasteiger partial charge in [0.25, 0.3) is 0 Å². The summed E-state index contributed by atoms with van der Waals surface area (Å²) in [5.74, 6) is -0.263. The second-order valence-electron chi connectivity index (χ2n) is 18.5. The smallest absolute Gasteiger partial charge is 0.306 e. The standard InChI is InChI=1S/C64H60N2O4/c1-3-5-7-29-63(67)69-61-27-16-22-50-43-53(41-42-57(50)61)65(59-25-13-19-47-17-9-11-23-55(47)59)51-36-31-45(32-37-51)46-33-38-52(39-34-46)66(60-26-14-20-48-18-10-12-24-56(48)60)54-40-35-49-21-15-28-62(58(49)44-54)70-64(68)30-8-6-4-2/h9-26,31-44,61-62H,3-8,27-30H2,1-2H3. The average molecular weight is 921 g/mol. The number of esters is 2. The van der Waals surface area contributed by atoms with Gasteiger partial charge < -0.3 is 19.3 Å². The normalized spacial score (nSPS) is 14.8. The fourth-order valence-corrected chi connectivity index (χ4v) is 10.1. The van der Waals surface area contributed by atoms with Gasteiger partial charge >= 0.3 is 11.9 Å². The molecule has 6 heteroatoms. The minimum absolute atomic E-state index is 0.128. The number of nitrogens with zero attached hydrogens (tertiary/aromatic N) is 2. The molecule has 10 rings (SSSR count). The van der Waals surface area contributed by atoms with Crippen molar-refractivity contribution in [2.24, 2.45) is 0 Å². The van der Waals surface area contributed by atoms with Crippen LogP contribution in [0.3, 0.4) is 0 Å². The van der Waals surface area contributed by atoms with Crippen molar-refractivity contribution in [3.05, 3.63) is 204 Å². The first-order valence-electron chi connectivity index (χ1n) is 25.2. The van der Waals surface area contributed by atoms with Gasteiger partial charge in [-0.05, 0) is 107 Å². The van der Waals surface area contributed by atoms with Gasteiger partial charge in [-0.3, -0.25) is 9.59 Å². The van der Waals surface area contributed by atoms with E-state index in [9.17, 15) is 9.59 Å². The fraction of sp³-hybridized carbons (Fsp3) is 0.219. The van der Waals surface area contributed by atoms with E-state index in [-0.39, 0.29) is 24.1 Å². The second-order valence-corrected chi connectivity index (χ2v) is 18.5. The summed E-state index contributed by atoms with van der Waals surface area (Å²) >= 11 is 0. The second kappa shape index (κ2) is 21.3. The van der Waals surface area contributed by atoms with E-state index in [1.54, 1.807) is 0 Å². The average Bonchev–Trinajstić information content (AvgIpc) is 3.40. The van der Waals surface area contributed by atoms with Gasteiger partial charge in [-0.2, -0.15) is 0 Å². The van der Waals surface area contributed by atoms with Crippen molar-refractivity contribution in [1.82, 2.24) is 0 Å². The Morgan fingerprint density at radius 3 is 1.46 bits per heavy atom. The Bertz CT molecular complexity index is 3200. The largest absolute Gasteiger partial charge is 0.457 e. The van der Waals surface area contributed by atoms with Gasteiger partial charge in [0.15, 0.2) is 0 Å².